The lowest BCUT2D eigenvalue weighted by molar-refractivity contribution is -0.118. The van der Waals surface area contributed by atoms with E-state index in [2.05, 4.69) is 58.2 Å². The van der Waals surface area contributed by atoms with Crippen LogP contribution in [0.4, 0.5) is 11.4 Å². The molecule has 4 aromatic rings. The third-order valence-corrected chi connectivity index (χ3v) is 6.98. The van der Waals surface area contributed by atoms with Gasteiger partial charge in [-0.05, 0) is 47.2 Å². The lowest BCUT2D eigenvalue weighted by Gasteiger charge is -2.22. The average molecular weight is 563 g/mol. The number of hydrogen-bond acceptors (Lipinski definition) is 7. The van der Waals surface area contributed by atoms with Crippen LogP contribution in [0.2, 0.25) is 10.0 Å². The highest BCUT2D eigenvalue weighted by Gasteiger charge is 2.30. The lowest BCUT2D eigenvalue weighted by Crippen LogP contribution is -2.24. The van der Waals surface area contributed by atoms with E-state index < -0.39 is 6.04 Å². The molecule has 2 aromatic heterocycles. The molecular weight excluding hydrogens is 535 g/mol. The Kier molecular flexibility index (Phi) is 7.34. The molecule has 3 N–H and O–H groups in total. The number of anilines is 2. The lowest BCUT2D eigenvalue weighted by atomic mass is 9.96. The maximum atomic E-state index is 12.2. The second-order valence-electron chi connectivity index (χ2n) is 10.9. The molecule has 1 atom stereocenters. The first-order chi connectivity index (χ1) is 18.6. The zero-order valence-corrected chi connectivity index (χ0v) is 23.3. The summed E-state index contributed by atoms with van der Waals surface area (Å²) in [6.45, 7) is 6.99. The molecule has 0 saturated heterocycles. The molecule has 1 aliphatic carbocycles. The Balaban J connectivity index is 1.55. The number of rotatable bonds is 8. The molecule has 1 amide bonds. The van der Waals surface area contributed by atoms with Crippen molar-refractivity contribution in [2.75, 3.05) is 22.6 Å². The zero-order valence-electron chi connectivity index (χ0n) is 21.8. The number of amides is 1. The molecule has 0 unspecified atom stereocenters. The molecule has 2 heterocycles. The van der Waals surface area contributed by atoms with Gasteiger partial charge in [-0.2, -0.15) is 10.1 Å². The topological polar surface area (TPSA) is 121 Å². The molecule has 2 aromatic carbocycles. The predicted octanol–water partition coefficient (Wildman–Crippen LogP) is 6.14. The van der Waals surface area contributed by atoms with Crippen molar-refractivity contribution >= 4 is 51.4 Å². The van der Waals surface area contributed by atoms with Crippen LogP contribution in [0, 0.1) is 22.7 Å². The minimum absolute atomic E-state index is 0.0160. The largest absolute Gasteiger partial charge is 0.383 e. The summed E-state index contributed by atoms with van der Waals surface area (Å²) in [5.41, 5.74) is 6.42. The first-order valence-corrected chi connectivity index (χ1v) is 13.4. The van der Waals surface area contributed by atoms with Gasteiger partial charge in [0.2, 0.25) is 5.91 Å². The minimum Gasteiger partial charge on any atom is -0.383 e. The number of hydrogen-bond donors (Lipinski definition) is 3. The molecule has 5 rings (SSSR count). The Morgan fingerprint density at radius 2 is 1.97 bits per heavy atom. The van der Waals surface area contributed by atoms with Gasteiger partial charge in [-0.25, -0.2) is 5.43 Å². The smallest absolute Gasteiger partial charge is 0.243 e. The molecular formula is C28H28Cl2N8O. The van der Waals surface area contributed by atoms with Crippen molar-refractivity contribution in [3.8, 4) is 6.07 Å². The molecule has 200 valence electrons. The van der Waals surface area contributed by atoms with E-state index >= 15 is 0 Å². The Bertz CT molecular complexity index is 1580. The van der Waals surface area contributed by atoms with Gasteiger partial charge in [0.1, 0.15) is 11.8 Å². The first-order valence-electron chi connectivity index (χ1n) is 12.6. The van der Waals surface area contributed by atoms with Crippen molar-refractivity contribution in [2.24, 2.45) is 11.3 Å². The monoisotopic (exact) mass is 562 g/mol. The summed E-state index contributed by atoms with van der Waals surface area (Å²) >= 11 is 13.3. The quantitative estimate of drug-likeness (QED) is 0.235. The fraction of sp³-hybridized carbons (Fsp3) is 0.321. The van der Waals surface area contributed by atoms with E-state index in [9.17, 15) is 10.1 Å². The van der Waals surface area contributed by atoms with Gasteiger partial charge in [0, 0.05) is 34.8 Å². The summed E-state index contributed by atoms with van der Waals surface area (Å²) in [4.78, 5) is 18.0. The number of halogens is 2. The van der Waals surface area contributed by atoms with Gasteiger partial charge < -0.3 is 10.6 Å². The van der Waals surface area contributed by atoms with Crippen molar-refractivity contribution in [1.82, 2.24) is 20.1 Å². The molecule has 11 heteroatoms. The summed E-state index contributed by atoms with van der Waals surface area (Å²) in [7, 11) is 0. The Hall–Kier alpha value is -3.87. The van der Waals surface area contributed by atoms with Gasteiger partial charge in [0.25, 0.3) is 0 Å². The Labute approximate surface area is 236 Å². The molecule has 1 aliphatic rings. The SMILES string of the molecule is CC(C)(C)CNc1c(C#N)cnc2c(Cl)cc(N[C@H](c3cn(NC(=O)C4CC4)nn3)c3ccccc3Cl)cc12. The van der Waals surface area contributed by atoms with Crippen molar-refractivity contribution < 1.29 is 4.79 Å². The zero-order chi connectivity index (χ0) is 27.7. The maximum Gasteiger partial charge on any atom is 0.243 e. The third kappa shape index (κ3) is 6.08. The summed E-state index contributed by atoms with van der Waals surface area (Å²) in [5, 5.41) is 26.8. The Morgan fingerprint density at radius 1 is 1.21 bits per heavy atom. The van der Waals surface area contributed by atoms with Crippen LogP contribution in [0.1, 0.15) is 56.5 Å². The van der Waals surface area contributed by atoms with Crippen LogP contribution in [-0.2, 0) is 4.79 Å². The molecule has 39 heavy (non-hydrogen) atoms. The van der Waals surface area contributed by atoms with Crippen LogP contribution in [-0.4, -0.2) is 32.5 Å². The van der Waals surface area contributed by atoms with Crippen molar-refractivity contribution in [3.63, 3.8) is 0 Å². The number of pyridine rings is 1. The summed E-state index contributed by atoms with van der Waals surface area (Å²) in [6.07, 6.45) is 4.96. The normalized spacial score (nSPS) is 14.1. The third-order valence-electron chi connectivity index (χ3n) is 6.35. The van der Waals surface area contributed by atoms with Crippen molar-refractivity contribution in [3.05, 3.63) is 75.7 Å². The maximum absolute atomic E-state index is 12.2. The fourth-order valence-corrected chi connectivity index (χ4v) is 4.68. The van der Waals surface area contributed by atoms with Gasteiger partial charge in [0.15, 0.2) is 0 Å². The molecule has 0 spiro atoms. The highest BCUT2D eigenvalue weighted by atomic mass is 35.5. The molecule has 1 fully saturated rings. The Morgan fingerprint density at radius 3 is 2.67 bits per heavy atom. The number of carbonyl (C=O) groups excluding carboxylic acids is 1. The summed E-state index contributed by atoms with van der Waals surface area (Å²) < 4.78 is 0. The number of aromatic nitrogens is 4. The van der Waals surface area contributed by atoms with Gasteiger partial charge in [-0.1, -0.05) is 62.2 Å². The number of nitriles is 1. The summed E-state index contributed by atoms with van der Waals surface area (Å²) in [5.74, 6) is -0.0472. The fourth-order valence-electron chi connectivity index (χ4n) is 4.17. The molecule has 1 saturated carbocycles. The number of nitrogens with zero attached hydrogens (tertiary/aromatic N) is 5. The van der Waals surface area contributed by atoms with E-state index in [-0.39, 0.29) is 17.2 Å². The highest BCUT2D eigenvalue weighted by molar-refractivity contribution is 6.36. The van der Waals surface area contributed by atoms with Gasteiger partial charge in [0.05, 0.1) is 34.0 Å². The van der Waals surface area contributed by atoms with E-state index in [1.54, 1.807) is 18.3 Å². The second-order valence-corrected chi connectivity index (χ2v) is 11.7. The molecule has 0 aliphatic heterocycles. The standard InChI is InChI=1S/C28H28Cl2N8O/c1-28(2,3)15-33-24-17(12-31)13-32-25-20(24)10-18(11-22(25)30)34-26(19-6-4-5-7-21(19)29)23-14-38(37-35-23)36-27(39)16-8-9-16/h4-7,10-11,13-14,16,26,34H,8-9,15H2,1-3H3,(H,32,33)(H,36,39)/t26-/m0/s1. The van der Waals surface area contributed by atoms with Crippen LogP contribution in [0.25, 0.3) is 10.9 Å². The van der Waals surface area contributed by atoms with E-state index in [4.69, 9.17) is 23.2 Å². The molecule has 0 bridgehead atoms. The first kappa shape index (κ1) is 26.7. The second kappa shape index (κ2) is 10.7. The van der Waals surface area contributed by atoms with Crippen LogP contribution in [0.5, 0.6) is 0 Å². The average Bonchev–Trinajstić information content (AvgIpc) is 3.65. The van der Waals surface area contributed by atoms with Crippen LogP contribution in [0.3, 0.4) is 0 Å². The van der Waals surface area contributed by atoms with E-state index in [1.165, 1.54) is 11.0 Å². The van der Waals surface area contributed by atoms with Gasteiger partial charge in [-0.15, -0.1) is 5.10 Å². The molecule has 9 nitrogen and oxygen atoms in total. The molecule has 0 radical (unpaired) electrons. The van der Waals surface area contributed by atoms with Crippen molar-refractivity contribution in [1.29, 1.82) is 5.26 Å². The minimum atomic E-state index is -0.517. The van der Waals surface area contributed by atoms with Gasteiger partial charge in [-0.3, -0.25) is 9.78 Å². The van der Waals surface area contributed by atoms with E-state index in [0.29, 0.717) is 50.1 Å². The van der Waals surface area contributed by atoms with E-state index in [1.807, 2.05) is 24.3 Å². The van der Waals surface area contributed by atoms with E-state index in [0.717, 1.165) is 18.4 Å². The number of fused-ring (bicyclic) bond motifs is 1. The van der Waals surface area contributed by atoms with Crippen LogP contribution in [0.15, 0.2) is 48.8 Å². The number of carbonyl (C=O) groups is 1. The predicted molar refractivity (Wildman–Crippen MR) is 153 cm³/mol. The van der Waals surface area contributed by atoms with Crippen LogP contribution < -0.4 is 16.1 Å². The van der Waals surface area contributed by atoms with Crippen molar-refractivity contribution in [2.45, 2.75) is 39.7 Å². The number of benzene rings is 2. The number of nitrogens with one attached hydrogen (secondary N) is 3. The van der Waals surface area contributed by atoms with Crippen LogP contribution >= 0.6 is 23.2 Å². The summed E-state index contributed by atoms with van der Waals surface area (Å²) in [6, 6.07) is 12.8. The van der Waals surface area contributed by atoms with Gasteiger partial charge >= 0.3 is 0 Å². The highest BCUT2D eigenvalue weighted by Crippen LogP contribution is 2.37.